The van der Waals surface area contributed by atoms with E-state index in [0.29, 0.717) is 63.2 Å². The Hall–Kier alpha value is -5.55. The number of ether oxygens (including phenoxy) is 6. The number of aromatic nitrogens is 6. The molecule has 4 atom stereocenters. The standard InChI is InChI=1S/C43H58N8O9/c44-41(52)31(9-1-5-23-55-33-13-15-35(46-29-33)37-17-21-48-50(37)39-11-3-7-25-57-39)19-27-59-43(54)60-28-20-32(42(45)53)10-2-6-24-56-34-14-16-36(47-30-34)38-18-22-49-51(38)40-12-4-8-26-58-40/h13-18,21-22,29-32,39-40H,1-12,19-20,23-28H2,(H2,44,52)(H2,45,53). The second kappa shape index (κ2) is 23.3. The summed E-state index contributed by atoms with van der Waals surface area (Å²) in [4.78, 5) is 45.5. The molecule has 2 saturated heterocycles. The molecule has 4 unspecified atom stereocenters. The molecule has 0 spiro atoms. The number of nitrogens with zero attached hydrogens (tertiary/aromatic N) is 6. The maximum absolute atomic E-state index is 12.2. The first-order valence-corrected chi connectivity index (χ1v) is 21.2. The molecule has 4 aromatic heterocycles. The average molecular weight is 831 g/mol. The van der Waals surface area contributed by atoms with Crippen LogP contribution in [0, 0.1) is 11.8 Å². The molecule has 6 heterocycles. The van der Waals surface area contributed by atoms with E-state index in [1.54, 1.807) is 24.8 Å². The van der Waals surface area contributed by atoms with Gasteiger partial charge in [-0.2, -0.15) is 10.2 Å². The molecule has 2 aliphatic heterocycles. The van der Waals surface area contributed by atoms with Crippen LogP contribution in [-0.2, 0) is 28.5 Å². The lowest BCUT2D eigenvalue weighted by Crippen LogP contribution is -2.26. The smallest absolute Gasteiger partial charge is 0.492 e. The molecule has 2 aliphatic rings. The Bertz CT molecular complexity index is 1770. The summed E-state index contributed by atoms with van der Waals surface area (Å²) in [6, 6.07) is 11.4. The summed E-state index contributed by atoms with van der Waals surface area (Å²) in [5.74, 6) is -0.558. The number of carbonyl (C=O) groups excluding carboxylic acids is 3. The summed E-state index contributed by atoms with van der Waals surface area (Å²) >= 11 is 0. The van der Waals surface area contributed by atoms with Crippen LogP contribution in [0.4, 0.5) is 4.79 Å². The van der Waals surface area contributed by atoms with E-state index in [2.05, 4.69) is 20.2 Å². The molecule has 4 aromatic rings. The van der Waals surface area contributed by atoms with E-state index in [-0.39, 0.29) is 38.5 Å². The van der Waals surface area contributed by atoms with Crippen LogP contribution in [0.25, 0.3) is 22.8 Å². The van der Waals surface area contributed by atoms with Crippen molar-refractivity contribution in [2.75, 3.05) is 39.6 Å². The molecule has 2 amide bonds. The number of unbranched alkanes of at least 4 members (excludes halogenated alkanes) is 2. The Morgan fingerprint density at radius 1 is 0.617 bits per heavy atom. The minimum atomic E-state index is -0.874. The van der Waals surface area contributed by atoms with Gasteiger partial charge in [0.05, 0.1) is 61.6 Å². The first-order valence-electron chi connectivity index (χ1n) is 21.2. The lowest BCUT2D eigenvalue weighted by molar-refractivity contribution is -0.123. The monoisotopic (exact) mass is 830 g/mol. The molecule has 2 fully saturated rings. The summed E-state index contributed by atoms with van der Waals surface area (Å²) in [6.07, 6.45) is 16.5. The fraction of sp³-hybridized carbons (Fsp3) is 0.558. The van der Waals surface area contributed by atoms with Crippen LogP contribution in [0.5, 0.6) is 11.5 Å². The summed E-state index contributed by atoms with van der Waals surface area (Å²) in [5, 5.41) is 8.91. The van der Waals surface area contributed by atoms with Gasteiger partial charge in [-0.15, -0.1) is 0 Å². The van der Waals surface area contributed by atoms with Crippen molar-refractivity contribution in [1.29, 1.82) is 0 Å². The van der Waals surface area contributed by atoms with Gasteiger partial charge in [-0.05, 0) is 126 Å². The third-order valence-electron chi connectivity index (χ3n) is 10.8. The number of nitrogens with two attached hydrogens (primary N) is 2. The number of hydrogen-bond acceptors (Lipinski definition) is 13. The van der Waals surface area contributed by atoms with Gasteiger partial charge in [0.15, 0.2) is 12.5 Å². The van der Waals surface area contributed by atoms with Crippen LogP contribution < -0.4 is 20.9 Å². The topological polar surface area (TPSA) is 220 Å². The molecular weight excluding hydrogens is 773 g/mol. The molecule has 324 valence electrons. The van der Waals surface area contributed by atoms with Gasteiger partial charge < -0.3 is 39.9 Å². The Morgan fingerprint density at radius 3 is 1.47 bits per heavy atom. The van der Waals surface area contributed by atoms with Gasteiger partial charge in [-0.3, -0.25) is 19.6 Å². The van der Waals surface area contributed by atoms with Crippen LogP contribution >= 0.6 is 0 Å². The number of hydrogen-bond donors (Lipinski definition) is 2. The van der Waals surface area contributed by atoms with Crippen molar-refractivity contribution in [3.05, 3.63) is 61.2 Å². The Morgan fingerprint density at radius 2 is 1.08 bits per heavy atom. The quantitative estimate of drug-likeness (QED) is 0.0567. The van der Waals surface area contributed by atoms with Crippen molar-refractivity contribution in [2.45, 2.75) is 102 Å². The summed E-state index contributed by atoms with van der Waals surface area (Å²) in [5.41, 5.74) is 14.6. The third-order valence-corrected chi connectivity index (χ3v) is 10.8. The minimum Gasteiger partial charge on any atom is -0.492 e. The maximum atomic E-state index is 12.2. The van der Waals surface area contributed by atoms with Crippen molar-refractivity contribution >= 4 is 18.0 Å². The fourth-order valence-electron chi connectivity index (χ4n) is 7.39. The number of primary amides is 2. The van der Waals surface area contributed by atoms with Crippen LogP contribution in [0.15, 0.2) is 61.2 Å². The van der Waals surface area contributed by atoms with Crippen LogP contribution in [0.2, 0.25) is 0 Å². The summed E-state index contributed by atoms with van der Waals surface area (Å²) in [7, 11) is 0. The van der Waals surface area contributed by atoms with E-state index in [4.69, 9.17) is 39.9 Å². The largest absolute Gasteiger partial charge is 0.508 e. The lowest BCUT2D eigenvalue weighted by Gasteiger charge is -2.24. The second-order valence-electron chi connectivity index (χ2n) is 15.1. The van der Waals surface area contributed by atoms with Gasteiger partial charge in [0.1, 0.15) is 11.5 Å². The Labute approximate surface area is 350 Å². The summed E-state index contributed by atoms with van der Waals surface area (Å²) < 4.78 is 37.7. The van der Waals surface area contributed by atoms with Crippen molar-refractivity contribution < 1.29 is 42.8 Å². The molecule has 0 aromatic carbocycles. The number of amides is 2. The van der Waals surface area contributed by atoms with Gasteiger partial charge in [-0.1, -0.05) is 0 Å². The molecule has 0 aliphatic carbocycles. The second-order valence-corrected chi connectivity index (χ2v) is 15.1. The van der Waals surface area contributed by atoms with Crippen LogP contribution in [-0.4, -0.2) is 87.1 Å². The minimum absolute atomic E-state index is 0.0234. The Balaban J connectivity index is 0.800. The Kier molecular flexibility index (Phi) is 17.1. The molecule has 6 rings (SSSR count). The highest BCUT2D eigenvalue weighted by Gasteiger charge is 2.22. The van der Waals surface area contributed by atoms with Crippen molar-refractivity contribution in [1.82, 2.24) is 29.5 Å². The zero-order chi connectivity index (χ0) is 41.9. The molecule has 4 N–H and O–H groups in total. The van der Waals surface area contributed by atoms with Gasteiger partial charge in [0.25, 0.3) is 0 Å². The van der Waals surface area contributed by atoms with Gasteiger partial charge in [0, 0.05) is 37.4 Å². The highest BCUT2D eigenvalue weighted by molar-refractivity contribution is 5.77. The molecular formula is C43H58N8O9. The first kappa shape index (κ1) is 44.0. The van der Waals surface area contributed by atoms with E-state index in [1.807, 2.05) is 45.8 Å². The molecule has 0 bridgehead atoms. The van der Waals surface area contributed by atoms with Crippen molar-refractivity contribution in [3.8, 4) is 34.3 Å². The van der Waals surface area contributed by atoms with E-state index in [0.717, 1.165) is 74.5 Å². The van der Waals surface area contributed by atoms with E-state index >= 15 is 0 Å². The first-order chi connectivity index (χ1) is 29.4. The number of carbonyl (C=O) groups is 3. The molecule has 0 saturated carbocycles. The van der Waals surface area contributed by atoms with E-state index in [1.165, 1.54) is 0 Å². The zero-order valence-electron chi connectivity index (χ0n) is 34.2. The van der Waals surface area contributed by atoms with Gasteiger partial charge in [0.2, 0.25) is 11.8 Å². The maximum Gasteiger partial charge on any atom is 0.508 e. The van der Waals surface area contributed by atoms with Gasteiger partial charge >= 0.3 is 6.16 Å². The predicted molar refractivity (Wildman–Crippen MR) is 219 cm³/mol. The van der Waals surface area contributed by atoms with E-state index in [9.17, 15) is 14.4 Å². The molecule has 17 heteroatoms. The fourth-order valence-corrected chi connectivity index (χ4v) is 7.39. The number of pyridine rings is 2. The molecule has 17 nitrogen and oxygen atoms in total. The molecule has 60 heavy (non-hydrogen) atoms. The zero-order valence-corrected chi connectivity index (χ0v) is 34.2. The van der Waals surface area contributed by atoms with E-state index < -0.39 is 29.8 Å². The average Bonchev–Trinajstić information content (AvgIpc) is 3.97. The lowest BCUT2D eigenvalue weighted by atomic mass is 9.98. The normalized spacial score (nSPS) is 17.7. The van der Waals surface area contributed by atoms with Gasteiger partial charge in [-0.25, -0.2) is 14.2 Å². The third kappa shape index (κ3) is 13.2. The van der Waals surface area contributed by atoms with Crippen LogP contribution in [0.3, 0.4) is 0 Å². The van der Waals surface area contributed by atoms with Crippen molar-refractivity contribution in [2.24, 2.45) is 23.3 Å². The highest BCUT2D eigenvalue weighted by Crippen LogP contribution is 2.30. The van der Waals surface area contributed by atoms with Crippen LogP contribution in [0.1, 0.15) is 102 Å². The predicted octanol–water partition coefficient (Wildman–Crippen LogP) is 6.54. The highest BCUT2D eigenvalue weighted by atomic mass is 16.7. The van der Waals surface area contributed by atoms with Crippen molar-refractivity contribution in [3.63, 3.8) is 0 Å². The SMILES string of the molecule is NC(=O)C(CCCCOc1ccc(-c2ccnn2C2CCCCO2)nc1)CCOC(=O)OCCC(CCCCOc1ccc(-c2ccnn2C2CCCCO2)nc1)C(N)=O. The number of rotatable bonds is 24. The summed E-state index contributed by atoms with van der Waals surface area (Å²) in [6.45, 7) is 2.31. The molecule has 0 radical (unpaired) electrons.